The van der Waals surface area contributed by atoms with E-state index in [1.54, 1.807) is 36.4 Å². The molecule has 0 aliphatic rings. The molecular formula is C15H17N5O2S. The van der Waals surface area contributed by atoms with Crippen molar-refractivity contribution in [2.75, 3.05) is 15.8 Å². The van der Waals surface area contributed by atoms with Crippen molar-refractivity contribution in [1.29, 1.82) is 5.26 Å². The number of hydrogen-bond donors (Lipinski definition) is 2. The number of nitrogens with zero attached hydrogens (tertiary/aromatic N) is 3. The van der Waals surface area contributed by atoms with Gasteiger partial charge in [-0.25, -0.2) is 8.42 Å². The van der Waals surface area contributed by atoms with Crippen LogP contribution in [0.2, 0.25) is 0 Å². The number of hydrogen-bond acceptors (Lipinski definition) is 6. The number of aromatic nitrogens is 2. The van der Waals surface area contributed by atoms with Crippen LogP contribution >= 0.6 is 0 Å². The molecule has 0 unspecified atom stereocenters. The number of benzene rings is 1. The van der Waals surface area contributed by atoms with E-state index in [0.717, 1.165) is 12.1 Å². The normalized spacial score (nSPS) is 10.8. The van der Waals surface area contributed by atoms with Crippen LogP contribution in [0, 0.1) is 11.3 Å². The third kappa shape index (κ3) is 5.23. The predicted octanol–water partition coefficient (Wildman–Crippen LogP) is 2.63. The quantitative estimate of drug-likeness (QED) is 0.807. The van der Waals surface area contributed by atoms with Gasteiger partial charge in [-0.2, -0.15) is 5.26 Å². The molecule has 0 aliphatic carbocycles. The van der Waals surface area contributed by atoms with Crippen molar-refractivity contribution < 1.29 is 8.42 Å². The van der Waals surface area contributed by atoms with Crippen LogP contribution in [0.4, 0.5) is 17.3 Å². The summed E-state index contributed by atoms with van der Waals surface area (Å²) in [6.45, 7) is 1.93. The molecule has 0 spiro atoms. The molecular weight excluding hydrogens is 314 g/mol. The van der Waals surface area contributed by atoms with Crippen molar-refractivity contribution in [1.82, 2.24) is 10.2 Å². The van der Waals surface area contributed by atoms with Crippen LogP contribution in [0.3, 0.4) is 0 Å². The Bertz CT molecular complexity index is 780. The van der Waals surface area contributed by atoms with Gasteiger partial charge >= 0.3 is 0 Å². The molecule has 0 fully saturated rings. The van der Waals surface area contributed by atoms with Crippen LogP contribution < -0.4 is 10.0 Å². The Kier molecular flexibility index (Phi) is 5.49. The van der Waals surface area contributed by atoms with E-state index in [2.05, 4.69) is 20.2 Å². The molecule has 1 aromatic heterocycles. The fourth-order valence-corrected chi connectivity index (χ4v) is 2.97. The molecule has 0 bridgehead atoms. The van der Waals surface area contributed by atoms with Crippen LogP contribution in [0.1, 0.15) is 25.3 Å². The Morgan fingerprint density at radius 1 is 1.09 bits per heavy atom. The summed E-state index contributed by atoms with van der Waals surface area (Å²) in [7, 11) is -3.38. The zero-order valence-electron chi connectivity index (χ0n) is 12.7. The van der Waals surface area contributed by atoms with Gasteiger partial charge in [-0.05, 0) is 42.8 Å². The molecule has 2 aromatic rings. The van der Waals surface area contributed by atoms with Gasteiger partial charge in [0.1, 0.15) is 0 Å². The zero-order chi connectivity index (χ0) is 16.7. The van der Waals surface area contributed by atoms with Crippen molar-refractivity contribution in [3.05, 3.63) is 42.0 Å². The van der Waals surface area contributed by atoms with E-state index in [9.17, 15) is 8.42 Å². The van der Waals surface area contributed by atoms with Crippen LogP contribution in [0.25, 0.3) is 0 Å². The van der Waals surface area contributed by atoms with E-state index in [1.165, 1.54) is 0 Å². The highest BCUT2D eigenvalue weighted by molar-refractivity contribution is 7.92. The van der Waals surface area contributed by atoms with Crippen molar-refractivity contribution in [3.8, 4) is 6.07 Å². The maximum atomic E-state index is 11.8. The van der Waals surface area contributed by atoms with E-state index in [0.29, 0.717) is 17.8 Å². The van der Waals surface area contributed by atoms with Gasteiger partial charge in [0.2, 0.25) is 10.0 Å². The largest absolute Gasteiger partial charge is 0.339 e. The summed E-state index contributed by atoms with van der Waals surface area (Å²) >= 11 is 0. The standard InChI is InChI=1S/C15H17N5O2S/c1-2-3-10-23(21,22)20-15-9-8-14(18-19-15)17-13-6-4-12(11-16)5-7-13/h4-9H,2-3,10H2,1H3,(H,17,18)(H,19,20). The number of sulfonamides is 1. The highest BCUT2D eigenvalue weighted by Gasteiger charge is 2.10. The predicted molar refractivity (Wildman–Crippen MR) is 88.8 cm³/mol. The third-order valence-corrected chi connectivity index (χ3v) is 4.32. The second-order valence-electron chi connectivity index (χ2n) is 4.89. The second kappa shape index (κ2) is 7.56. The minimum absolute atomic E-state index is 0.0659. The van der Waals surface area contributed by atoms with Gasteiger partial charge in [0.25, 0.3) is 0 Å². The summed E-state index contributed by atoms with van der Waals surface area (Å²) in [4.78, 5) is 0. The minimum Gasteiger partial charge on any atom is -0.339 e. The highest BCUT2D eigenvalue weighted by atomic mass is 32.2. The monoisotopic (exact) mass is 331 g/mol. The molecule has 120 valence electrons. The summed E-state index contributed by atoms with van der Waals surface area (Å²) in [6, 6.07) is 12.1. The van der Waals surface area contributed by atoms with Crippen LogP contribution in [0.15, 0.2) is 36.4 Å². The number of rotatable bonds is 7. The lowest BCUT2D eigenvalue weighted by Crippen LogP contribution is -2.17. The molecule has 1 aromatic carbocycles. The van der Waals surface area contributed by atoms with Gasteiger partial charge < -0.3 is 5.32 Å². The van der Waals surface area contributed by atoms with Gasteiger partial charge in [0.05, 0.1) is 17.4 Å². The summed E-state index contributed by atoms with van der Waals surface area (Å²) in [5.74, 6) is 0.730. The maximum absolute atomic E-state index is 11.8. The lowest BCUT2D eigenvalue weighted by Gasteiger charge is -2.08. The smallest absolute Gasteiger partial charge is 0.233 e. The van der Waals surface area contributed by atoms with E-state index in [4.69, 9.17) is 5.26 Å². The molecule has 0 aliphatic heterocycles. The van der Waals surface area contributed by atoms with E-state index in [-0.39, 0.29) is 11.6 Å². The van der Waals surface area contributed by atoms with E-state index < -0.39 is 10.0 Å². The van der Waals surface area contributed by atoms with Gasteiger partial charge in [0, 0.05) is 5.69 Å². The average Bonchev–Trinajstić information content (AvgIpc) is 2.55. The molecule has 0 radical (unpaired) electrons. The molecule has 2 rings (SSSR count). The number of nitriles is 1. The molecule has 23 heavy (non-hydrogen) atoms. The van der Waals surface area contributed by atoms with Gasteiger partial charge in [0.15, 0.2) is 11.6 Å². The lowest BCUT2D eigenvalue weighted by atomic mass is 10.2. The van der Waals surface area contributed by atoms with E-state index >= 15 is 0 Å². The molecule has 0 atom stereocenters. The number of nitrogens with one attached hydrogen (secondary N) is 2. The minimum atomic E-state index is -3.38. The summed E-state index contributed by atoms with van der Waals surface area (Å²) in [6.07, 6.45) is 1.40. The Morgan fingerprint density at radius 2 is 1.74 bits per heavy atom. The van der Waals surface area contributed by atoms with Crippen LogP contribution in [-0.2, 0) is 10.0 Å². The first-order chi connectivity index (χ1) is 11.0. The van der Waals surface area contributed by atoms with Crippen molar-refractivity contribution >= 4 is 27.3 Å². The fraction of sp³-hybridized carbons (Fsp3) is 0.267. The summed E-state index contributed by atoms with van der Waals surface area (Å²) in [5.41, 5.74) is 1.33. The Balaban J connectivity index is 2.00. The molecule has 0 saturated heterocycles. The SMILES string of the molecule is CCCCS(=O)(=O)Nc1ccc(Nc2ccc(C#N)cc2)nn1. The number of anilines is 3. The first-order valence-electron chi connectivity index (χ1n) is 7.14. The molecule has 0 saturated carbocycles. The molecule has 0 amide bonds. The molecule has 2 N–H and O–H groups in total. The van der Waals surface area contributed by atoms with Gasteiger partial charge in [-0.1, -0.05) is 13.3 Å². The fourth-order valence-electron chi connectivity index (χ4n) is 1.77. The van der Waals surface area contributed by atoms with Crippen LogP contribution in [0.5, 0.6) is 0 Å². The van der Waals surface area contributed by atoms with Crippen LogP contribution in [-0.4, -0.2) is 24.4 Å². The third-order valence-electron chi connectivity index (χ3n) is 2.98. The topological polar surface area (TPSA) is 108 Å². The summed E-state index contributed by atoms with van der Waals surface area (Å²) in [5, 5.41) is 19.5. The highest BCUT2D eigenvalue weighted by Crippen LogP contribution is 2.16. The molecule has 7 nitrogen and oxygen atoms in total. The molecule has 8 heteroatoms. The van der Waals surface area contributed by atoms with Crippen molar-refractivity contribution in [3.63, 3.8) is 0 Å². The van der Waals surface area contributed by atoms with Gasteiger partial charge in [-0.15, -0.1) is 10.2 Å². The van der Waals surface area contributed by atoms with E-state index in [1.807, 2.05) is 13.0 Å². The van der Waals surface area contributed by atoms with Crippen molar-refractivity contribution in [2.24, 2.45) is 0 Å². The maximum Gasteiger partial charge on any atom is 0.233 e. The average molecular weight is 331 g/mol. The first-order valence-corrected chi connectivity index (χ1v) is 8.79. The summed E-state index contributed by atoms with van der Waals surface area (Å²) < 4.78 is 25.9. The molecule has 1 heterocycles. The second-order valence-corrected chi connectivity index (χ2v) is 6.73. The first kappa shape index (κ1) is 16.7. The Morgan fingerprint density at radius 3 is 2.30 bits per heavy atom. The Hall–Kier alpha value is -2.66. The van der Waals surface area contributed by atoms with Crippen molar-refractivity contribution in [2.45, 2.75) is 19.8 Å². The van der Waals surface area contributed by atoms with Gasteiger partial charge in [-0.3, -0.25) is 4.72 Å². The number of unbranched alkanes of at least 4 members (excludes halogenated alkanes) is 1. The lowest BCUT2D eigenvalue weighted by molar-refractivity contribution is 0.597. The zero-order valence-corrected chi connectivity index (χ0v) is 13.5. The Labute approximate surface area is 135 Å².